The maximum Gasteiger partial charge on any atom is 0.415 e. The first-order valence-corrected chi connectivity index (χ1v) is 6.45. The molecule has 3 unspecified atom stereocenters. The second-order valence-corrected chi connectivity index (χ2v) is 5.43. The number of alkyl halides is 3. The van der Waals surface area contributed by atoms with Gasteiger partial charge in [0.25, 0.3) is 0 Å². The molecule has 2 aliphatic carbocycles. The number of hydrogen-bond donors (Lipinski definition) is 2. The average molecular weight is 251 g/mol. The van der Waals surface area contributed by atoms with E-state index >= 15 is 0 Å². The van der Waals surface area contributed by atoms with Gasteiger partial charge in [-0.15, -0.1) is 0 Å². The Morgan fingerprint density at radius 1 is 1.12 bits per heavy atom. The Labute approximate surface area is 99.6 Å². The number of nitrogens with one attached hydrogen (secondary N) is 1. The fourth-order valence-electron chi connectivity index (χ4n) is 2.80. The third kappa shape index (κ3) is 3.85. The van der Waals surface area contributed by atoms with E-state index in [1.165, 1.54) is 19.3 Å². The lowest BCUT2D eigenvalue weighted by molar-refractivity contribution is -0.202. The van der Waals surface area contributed by atoms with Gasteiger partial charge in [0.2, 0.25) is 0 Å². The maximum atomic E-state index is 12.1. The molecule has 0 aromatic carbocycles. The van der Waals surface area contributed by atoms with Crippen molar-refractivity contribution in [1.29, 1.82) is 0 Å². The lowest BCUT2D eigenvalue weighted by atomic mass is 9.82. The summed E-state index contributed by atoms with van der Waals surface area (Å²) in [6.07, 6.45) is 0.0981. The molecule has 2 nitrogen and oxygen atoms in total. The molecule has 2 aliphatic rings. The Kier molecular flexibility index (Phi) is 3.98. The van der Waals surface area contributed by atoms with E-state index < -0.39 is 12.3 Å². The molecule has 0 bridgehead atoms. The fourth-order valence-corrected chi connectivity index (χ4v) is 2.80. The molecule has 17 heavy (non-hydrogen) atoms. The highest BCUT2D eigenvalue weighted by molar-refractivity contribution is 4.88. The second kappa shape index (κ2) is 5.14. The summed E-state index contributed by atoms with van der Waals surface area (Å²) in [6, 6.07) is 0.159. The largest absolute Gasteiger partial charge is 0.415 e. The summed E-state index contributed by atoms with van der Waals surface area (Å²) >= 11 is 0. The molecule has 0 saturated heterocycles. The molecule has 0 amide bonds. The van der Waals surface area contributed by atoms with Gasteiger partial charge in [-0.05, 0) is 37.5 Å². The van der Waals surface area contributed by atoms with Crippen molar-refractivity contribution in [2.24, 2.45) is 11.8 Å². The van der Waals surface area contributed by atoms with Gasteiger partial charge in [-0.25, -0.2) is 0 Å². The second-order valence-electron chi connectivity index (χ2n) is 5.43. The Hall–Kier alpha value is -0.290. The monoisotopic (exact) mass is 251 g/mol. The predicted molar refractivity (Wildman–Crippen MR) is 58.5 cm³/mol. The molecular formula is C12H20F3NO. The summed E-state index contributed by atoms with van der Waals surface area (Å²) in [5.41, 5.74) is 0. The van der Waals surface area contributed by atoms with Crippen LogP contribution in [0.3, 0.4) is 0 Å². The molecule has 0 aromatic heterocycles. The summed E-state index contributed by atoms with van der Waals surface area (Å²) in [4.78, 5) is 0. The van der Waals surface area contributed by atoms with E-state index in [0.29, 0.717) is 5.92 Å². The third-order valence-electron chi connectivity index (χ3n) is 3.98. The topological polar surface area (TPSA) is 32.3 Å². The van der Waals surface area contributed by atoms with Crippen LogP contribution >= 0.6 is 0 Å². The van der Waals surface area contributed by atoms with Gasteiger partial charge in [0.15, 0.2) is 6.10 Å². The van der Waals surface area contributed by atoms with Crippen LogP contribution in [0.25, 0.3) is 0 Å². The van der Waals surface area contributed by atoms with Crippen LogP contribution in [-0.2, 0) is 0 Å². The van der Waals surface area contributed by atoms with E-state index in [9.17, 15) is 13.2 Å². The third-order valence-corrected chi connectivity index (χ3v) is 3.98. The van der Waals surface area contributed by atoms with Crippen molar-refractivity contribution in [3.63, 3.8) is 0 Å². The first kappa shape index (κ1) is 13.1. The van der Waals surface area contributed by atoms with Crippen LogP contribution in [0.4, 0.5) is 13.2 Å². The standard InChI is InChI=1S/C12H20F3NO/c13-12(14,15)11(17)7-16-10-3-1-2-9(6-10)8-4-5-8/h8-11,16-17H,1-7H2. The van der Waals surface area contributed by atoms with Crippen molar-refractivity contribution in [2.75, 3.05) is 6.54 Å². The number of aliphatic hydroxyl groups excluding tert-OH is 1. The van der Waals surface area contributed by atoms with Crippen LogP contribution in [0, 0.1) is 11.8 Å². The Morgan fingerprint density at radius 2 is 1.82 bits per heavy atom. The predicted octanol–water partition coefficient (Wildman–Crippen LogP) is 2.47. The van der Waals surface area contributed by atoms with E-state index in [1.807, 2.05) is 0 Å². The molecule has 0 radical (unpaired) electrons. The van der Waals surface area contributed by atoms with Crippen LogP contribution < -0.4 is 5.32 Å². The molecule has 2 N–H and O–H groups in total. The van der Waals surface area contributed by atoms with Gasteiger partial charge < -0.3 is 10.4 Å². The molecule has 0 aliphatic heterocycles. The van der Waals surface area contributed by atoms with Gasteiger partial charge >= 0.3 is 6.18 Å². The van der Waals surface area contributed by atoms with E-state index in [2.05, 4.69) is 5.32 Å². The van der Waals surface area contributed by atoms with E-state index in [1.54, 1.807) is 0 Å². The molecule has 100 valence electrons. The van der Waals surface area contributed by atoms with Crippen molar-refractivity contribution in [3.8, 4) is 0 Å². The lowest BCUT2D eigenvalue weighted by Crippen LogP contribution is -2.44. The zero-order valence-electron chi connectivity index (χ0n) is 9.84. The smallest absolute Gasteiger partial charge is 0.382 e. The summed E-state index contributed by atoms with van der Waals surface area (Å²) in [5, 5.41) is 11.8. The van der Waals surface area contributed by atoms with Gasteiger partial charge in [0.1, 0.15) is 0 Å². The molecule has 5 heteroatoms. The van der Waals surface area contributed by atoms with Gasteiger partial charge in [-0.3, -0.25) is 0 Å². The molecule has 2 saturated carbocycles. The molecular weight excluding hydrogens is 231 g/mol. The normalized spacial score (nSPS) is 32.5. The summed E-state index contributed by atoms with van der Waals surface area (Å²) in [5.74, 6) is 1.52. The lowest BCUT2D eigenvalue weighted by Gasteiger charge is -2.30. The van der Waals surface area contributed by atoms with Crippen LogP contribution in [0.2, 0.25) is 0 Å². The van der Waals surface area contributed by atoms with Gasteiger partial charge in [-0.2, -0.15) is 13.2 Å². The van der Waals surface area contributed by atoms with Crippen LogP contribution in [0.15, 0.2) is 0 Å². The van der Waals surface area contributed by atoms with Gasteiger partial charge in [0, 0.05) is 12.6 Å². The minimum Gasteiger partial charge on any atom is -0.382 e. The van der Waals surface area contributed by atoms with E-state index in [4.69, 9.17) is 5.11 Å². The quantitative estimate of drug-likeness (QED) is 0.804. The minimum absolute atomic E-state index is 0.159. The number of aliphatic hydroxyl groups is 1. The zero-order valence-corrected chi connectivity index (χ0v) is 9.84. The number of rotatable bonds is 4. The number of hydrogen-bond acceptors (Lipinski definition) is 2. The highest BCUT2D eigenvalue weighted by Gasteiger charge is 2.39. The molecule has 2 fully saturated rings. The maximum absolute atomic E-state index is 12.1. The summed E-state index contributed by atoms with van der Waals surface area (Å²) in [7, 11) is 0. The van der Waals surface area contributed by atoms with Crippen molar-refractivity contribution in [1.82, 2.24) is 5.32 Å². The van der Waals surface area contributed by atoms with Crippen molar-refractivity contribution in [2.45, 2.75) is 56.8 Å². The number of halogens is 3. The first-order valence-electron chi connectivity index (χ1n) is 6.45. The van der Waals surface area contributed by atoms with Crippen LogP contribution in [-0.4, -0.2) is 30.0 Å². The van der Waals surface area contributed by atoms with Crippen LogP contribution in [0.5, 0.6) is 0 Å². The van der Waals surface area contributed by atoms with Gasteiger partial charge in [-0.1, -0.05) is 12.8 Å². The van der Waals surface area contributed by atoms with E-state index in [0.717, 1.165) is 25.2 Å². The Bertz CT molecular complexity index is 253. The van der Waals surface area contributed by atoms with Crippen molar-refractivity contribution < 1.29 is 18.3 Å². The van der Waals surface area contributed by atoms with Crippen molar-refractivity contribution in [3.05, 3.63) is 0 Å². The summed E-state index contributed by atoms with van der Waals surface area (Å²) in [6.45, 7) is -0.369. The molecule has 2 rings (SSSR count). The average Bonchev–Trinajstić information content (AvgIpc) is 3.08. The fraction of sp³-hybridized carbons (Fsp3) is 1.00. The highest BCUT2D eigenvalue weighted by atomic mass is 19.4. The Balaban J connectivity index is 1.71. The van der Waals surface area contributed by atoms with E-state index in [-0.39, 0.29) is 12.6 Å². The minimum atomic E-state index is -4.50. The summed E-state index contributed by atoms with van der Waals surface area (Å²) < 4.78 is 36.4. The molecule has 0 spiro atoms. The Morgan fingerprint density at radius 3 is 2.41 bits per heavy atom. The molecule has 0 aromatic rings. The first-order chi connectivity index (χ1) is 7.97. The SMILES string of the molecule is OC(CNC1CCCC(C2CC2)C1)C(F)(F)F. The van der Waals surface area contributed by atoms with Crippen molar-refractivity contribution >= 4 is 0 Å². The van der Waals surface area contributed by atoms with Gasteiger partial charge in [0.05, 0.1) is 0 Å². The highest BCUT2D eigenvalue weighted by Crippen LogP contribution is 2.43. The van der Waals surface area contributed by atoms with Crippen LogP contribution in [0.1, 0.15) is 38.5 Å². The molecule has 0 heterocycles. The zero-order chi connectivity index (χ0) is 12.5. The molecule has 3 atom stereocenters.